The van der Waals surface area contributed by atoms with Gasteiger partial charge in [0.2, 0.25) is 0 Å². The van der Waals surface area contributed by atoms with Crippen LogP contribution in [0.15, 0.2) is 72.8 Å². The first kappa shape index (κ1) is 18.3. The van der Waals surface area contributed by atoms with Gasteiger partial charge in [-0.25, -0.2) is 8.78 Å². The molecule has 2 amide bonds. The quantitative estimate of drug-likeness (QED) is 0.713. The first-order valence-corrected chi connectivity index (χ1v) is 8.21. The number of para-hydroxylation sites is 1. The van der Waals surface area contributed by atoms with E-state index in [-0.39, 0.29) is 18.0 Å². The molecule has 6 heteroatoms. The van der Waals surface area contributed by atoms with Gasteiger partial charge in [-0.3, -0.25) is 9.59 Å². The Morgan fingerprint density at radius 2 is 1.59 bits per heavy atom. The van der Waals surface area contributed by atoms with E-state index in [4.69, 9.17) is 0 Å². The minimum absolute atomic E-state index is 0.0993. The van der Waals surface area contributed by atoms with Gasteiger partial charge in [-0.1, -0.05) is 30.3 Å². The van der Waals surface area contributed by atoms with Crippen molar-refractivity contribution in [2.75, 3.05) is 5.32 Å². The van der Waals surface area contributed by atoms with Crippen molar-refractivity contribution in [3.05, 3.63) is 101 Å². The van der Waals surface area contributed by atoms with Crippen molar-refractivity contribution in [1.82, 2.24) is 5.32 Å². The van der Waals surface area contributed by atoms with Crippen molar-refractivity contribution >= 4 is 17.5 Å². The number of carbonyl (C=O) groups is 2. The summed E-state index contributed by atoms with van der Waals surface area (Å²) in [5.41, 5.74) is 1.53. The molecule has 3 rings (SSSR count). The van der Waals surface area contributed by atoms with Gasteiger partial charge < -0.3 is 10.6 Å². The lowest BCUT2D eigenvalue weighted by atomic mass is 10.1. The molecule has 27 heavy (non-hydrogen) atoms. The van der Waals surface area contributed by atoms with Gasteiger partial charge >= 0.3 is 0 Å². The minimum atomic E-state index is -0.927. The van der Waals surface area contributed by atoms with Crippen LogP contribution in [0.1, 0.15) is 26.3 Å². The molecular formula is C21H16F2N2O2. The molecule has 0 unspecified atom stereocenters. The van der Waals surface area contributed by atoms with Gasteiger partial charge in [0.05, 0.1) is 5.56 Å². The third kappa shape index (κ3) is 4.76. The molecule has 4 nitrogen and oxygen atoms in total. The number of amides is 2. The van der Waals surface area contributed by atoms with Crippen molar-refractivity contribution in [2.45, 2.75) is 6.54 Å². The summed E-state index contributed by atoms with van der Waals surface area (Å²) in [5.74, 6) is -2.62. The van der Waals surface area contributed by atoms with Gasteiger partial charge in [0, 0.05) is 23.9 Å². The molecule has 0 aliphatic heterocycles. The SMILES string of the molecule is O=C(Nc1ccccc1)c1cccc(CNC(=O)c2ccc(F)cc2F)c1. The van der Waals surface area contributed by atoms with Crippen LogP contribution < -0.4 is 10.6 Å². The van der Waals surface area contributed by atoms with Crippen LogP contribution in [0.5, 0.6) is 0 Å². The molecule has 0 saturated heterocycles. The van der Waals surface area contributed by atoms with Crippen LogP contribution in [0.4, 0.5) is 14.5 Å². The third-order valence-electron chi connectivity index (χ3n) is 3.85. The fourth-order valence-electron chi connectivity index (χ4n) is 2.50. The lowest BCUT2D eigenvalue weighted by Gasteiger charge is -2.09. The van der Waals surface area contributed by atoms with Gasteiger partial charge in [-0.15, -0.1) is 0 Å². The summed E-state index contributed by atoms with van der Waals surface area (Å²) in [6.07, 6.45) is 0. The second-order valence-electron chi connectivity index (χ2n) is 5.83. The van der Waals surface area contributed by atoms with Crippen LogP contribution in [0.2, 0.25) is 0 Å². The van der Waals surface area contributed by atoms with E-state index in [2.05, 4.69) is 10.6 Å². The van der Waals surface area contributed by atoms with Crippen LogP contribution in [0.3, 0.4) is 0 Å². The van der Waals surface area contributed by atoms with Crippen molar-refractivity contribution in [3.63, 3.8) is 0 Å². The Hall–Kier alpha value is -3.54. The summed E-state index contributed by atoms with van der Waals surface area (Å²) in [6, 6.07) is 18.5. The molecule has 0 bridgehead atoms. The zero-order valence-electron chi connectivity index (χ0n) is 14.2. The van der Waals surface area contributed by atoms with E-state index in [9.17, 15) is 18.4 Å². The van der Waals surface area contributed by atoms with Gasteiger partial charge in [-0.05, 0) is 42.0 Å². The summed E-state index contributed by atoms with van der Waals surface area (Å²) >= 11 is 0. The minimum Gasteiger partial charge on any atom is -0.348 e. The Morgan fingerprint density at radius 1 is 0.815 bits per heavy atom. The molecular weight excluding hydrogens is 350 g/mol. The van der Waals surface area contributed by atoms with Crippen molar-refractivity contribution in [1.29, 1.82) is 0 Å². The van der Waals surface area contributed by atoms with E-state index >= 15 is 0 Å². The zero-order valence-corrected chi connectivity index (χ0v) is 14.2. The first-order valence-electron chi connectivity index (χ1n) is 8.21. The molecule has 3 aromatic rings. The molecule has 0 atom stereocenters. The highest BCUT2D eigenvalue weighted by molar-refractivity contribution is 6.04. The summed E-state index contributed by atoms with van der Waals surface area (Å²) in [5, 5.41) is 5.34. The lowest BCUT2D eigenvalue weighted by molar-refractivity contribution is 0.0946. The smallest absolute Gasteiger partial charge is 0.255 e. The molecule has 0 fully saturated rings. The van der Waals surface area contributed by atoms with Crippen LogP contribution in [-0.4, -0.2) is 11.8 Å². The topological polar surface area (TPSA) is 58.2 Å². The number of nitrogens with one attached hydrogen (secondary N) is 2. The highest BCUT2D eigenvalue weighted by Crippen LogP contribution is 2.12. The number of anilines is 1. The average molecular weight is 366 g/mol. The number of carbonyl (C=O) groups excluding carboxylic acids is 2. The summed E-state index contributed by atoms with van der Waals surface area (Å²) in [4.78, 5) is 24.4. The fourth-order valence-corrected chi connectivity index (χ4v) is 2.50. The van der Waals surface area contributed by atoms with Gasteiger partial charge in [0.25, 0.3) is 11.8 Å². The average Bonchev–Trinajstić information content (AvgIpc) is 2.67. The van der Waals surface area contributed by atoms with Crippen LogP contribution in [0, 0.1) is 11.6 Å². The molecule has 0 radical (unpaired) electrons. The first-order chi connectivity index (χ1) is 13.0. The Labute approximate surface area is 154 Å². The molecule has 136 valence electrons. The standard InChI is InChI=1S/C21H16F2N2O2/c22-16-9-10-18(19(23)12-16)21(27)24-13-14-5-4-6-15(11-14)20(26)25-17-7-2-1-3-8-17/h1-12H,13H2,(H,24,27)(H,25,26). The molecule has 0 spiro atoms. The predicted octanol–water partition coefficient (Wildman–Crippen LogP) is 4.15. The fraction of sp³-hybridized carbons (Fsp3) is 0.0476. The van der Waals surface area contributed by atoms with E-state index < -0.39 is 17.5 Å². The number of hydrogen-bond acceptors (Lipinski definition) is 2. The largest absolute Gasteiger partial charge is 0.348 e. The second kappa shape index (κ2) is 8.23. The number of benzene rings is 3. The summed E-state index contributed by atoms with van der Waals surface area (Å²) in [7, 11) is 0. The number of hydrogen-bond donors (Lipinski definition) is 2. The van der Waals surface area contributed by atoms with E-state index in [1.54, 1.807) is 36.4 Å². The van der Waals surface area contributed by atoms with Crippen molar-refractivity contribution < 1.29 is 18.4 Å². The van der Waals surface area contributed by atoms with Gasteiger partial charge in [0.15, 0.2) is 0 Å². The van der Waals surface area contributed by atoms with Crippen molar-refractivity contribution in [2.24, 2.45) is 0 Å². The molecule has 0 aromatic heterocycles. The van der Waals surface area contributed by atoms with E-state index in [0.717, 1.165) is 12.1 Å². The summed E-state index contributed by atoms with van der Waals surface area (Å²) < 4.78 is 26.6. The Balaban J connectivity index is 1.65. The maximum Gasteiger partial charge on any atom is 0.255 e. The summed E-state index contributed by atoms with van der Waals surface area (Å²) in [6.45, 7) is 0.0993. The van der Waals surface area contributed by atoms with Gasteiger partial charge in [0.1, 0.15) is 11.6 Å². The molecule has 0 aliphatic rings. The highest BCUT2D eigenvalue weighted by Gasteiger charge is 2.13. The number of rotatable bonds is 5. The highest BCUT2D eigenvalue weighted by atomic mass is 19.1. The molecule has 3 aromatic carbocycles. The van der Waals surface area contributed by atoms with Crippen LogP contribution >= 0.6 is 0 Å². The van der Waals surface area contributed by atoms with Crippen LogP contribution in [-0.2, 0) is 6.54 Å². The zero-order chi connectivity index (χ0) is 19.2. The van der Waals surface area contributed by atoms with E-state index in [1.165, 1.54) is 0 Å². The van der Waals surface area contributed by atoms with Crippen molar-refractivity contribution in [3.8, 4) is 0 Å². The Bertz CT molecular complexity index is 975. The maximum atomic E-state index is 13.6. The lowest BCUT2D eigenvalue weighted by Crippen LogP contribution is -2.24. The normalized spacial score (nSPS) is 10.3. The Kier molecular flexibility index (Phi) is 5.56. The molecule has 2 N–H and O–H groups in total. The van der Waals surface area contributed by atoms with E-state index in [0.29, 0.717) is 22.9 Å². The Morgan fingerprint density at radius 3 is 2.33 bits per heavy atom. The number of halogens is 2. The van der Waals surface area contributed by atoms with Gasteiger partial charge in [-0.2, -0.15) is 0 Å². The van der Waals surface area contributed by atoms with Crippen LogP contribution in [0.25, 0.3) is 0 Å². The molecule has 0 heterocycles. The van der Waals surface area contributed by atoms with E-state index in [1.807, 2.05) is 18.2 Å². The third-order valence-corrected chi connectivity index (χ3v) is 3.85. The molecule has 0 aliphatic carbocycles. The predicted molar refractivity (Wildman–Crippen MR) is 98.4 cm³/mol. The second-order valence-corrected chi connectivity index (χ2v) is 5.83. The maximum absolute atomic E-state index is 13.6. The monoisotopic (exact) mass is 366 g/mol. The molecule has 0 saturated carbocycles.